The van der Waals surface area contributed by atoms with Gasteiger partial charge in [0.05, 0.1) is 5.60 Å². The number of primary amides is 1. The zero-order valence-electron chi connectivity index (χ0n) is 16.6. The predicted octanol–water partition coefficient (Wildman–Crippen LogP) is 1.11. The van der Waals surface area contributed by atoms with E-state index >= 15 is 4.39 Å². The molecule has 0 spiro atoms. The first-order valence-corrected chi connectivity index (χ1v) is 10.5. The summed E-state index contributed by atoms with van der Waals surface area (Å²) in [5.74, 6) is 0.254. The number of nitrogens with zero attached hydrogens (tertiary/aromatic N) is 4. The van der Waals surface area contributed by atoms with E-state index in [-0.39, 0.29) is 17.8 Å². The number of hydrogen-bond donors (Lipinski definition) is 2. The highest BCUT2D eigenvalue weighted by molar-refractivity contribution is 5.92. The summed E-state index contributed by atoms with van der Waals surface area (Å²) in [6, 6.07) is 0.353. The summed E-state index contributed by atoms with van der Waals surface area (Å²) >= 11 is 0. The van der Waals surface area contributed by atoms with Crippen LogP contribution in [0.25, 0.3) is 0 Å². The summed E-state index contributed by atoms with van der Waals surface area (Å²) in [7, 11) is 3.78. The van der Waals surface area contributed by atoms with Crippen molar-refractivity contribution in [3.05, 3.63) is 11.5 Å². The number of aromatic nitrogens is 2. The van der Waals surface area contributed by atoms with Gasteiger partial charge in [-0.25, -0.2) is 9.07 Å². The Morgan fingerprint density at radius 2 is 1.96 bits per heavy atom. The van der Waals surface area contributed by atoms with Crippen molar-refractivity contribution in [1.29, 1.82) is 0 Å². The normalized spacial score (nSPS) is 39.6. The van der Waals surface area contributed by atoms with E-state index in [1.165, 1.54) is 4.68 Å². The van der Waals surface area contributed by atoms with Crippen LogP contribution in [0.5, 0.6) is 0 Å². The van der Waals surface area contributed by atoms with Gasteiger partial charge in [0.2, 0.25) is 0 Å². The van der Waals surface area contributed by atoms with Crippen LogP contribution in [-0.4, -0.2) is 63.5 Å². The second-order valence-electron chi connectivity index (χ2n) is 9.77. The van der Waals surface area contributed by atoms with Gasteiger partial charge in [-0.05, 0) is 69.9 Å². The molecule has 1 aromatic rings. The van der Waals surface area contributed by atoms with Gasteiger partial charge in [-0.1, -0.05) is 0 Å². The third-order valence-electron chi connectivity index (χ3n) is 7.71. The minimum atomic E-state index is -0.831. The van der Waals surface area contributed by atoms with Gasteiger partial charge in [0, 0.05) is 25.7 Å². The van der Waals surface area contributed by atoms with Crippen molar-refractivity contribution in [2.75, 3.05) is 25.0 Å². The van der Waals surface area contributed by atoms with Crippen LogP contribution in [0, 0.1) is 23.6 Å². The maximum absolute atomic E-state index is 15.3. The molecule has 0 radical (unpaired) electrons. The molecule has 5 aliphatic rings. The van der Waals surface area contributed by atoms with Crippen LogP contribution in [0.3, 0.4) is 0 Å². The fraction of sp³-hybridized carbons (Fsp3) is 0.800. The fourth-order valence-corrected chi connectivity index (χ4v) is 7.03. The molecular weight excluding hydrogens is 361 g/mol. The topological polar surface area (TPSA) is 87.6 Å². The molecule has 4 bridgehead atoms. The van der Waals surface area contributed by atoms with Crippen molar-refractivity contribution >= 4 is 11.7 Å². The Bertz CT molecular complexity index is 795. The third-order valence-corrected chi connectivity index (χ3v) is 7.71. The van der Waals surface area contributed by atoms with Crippen LogP contribution in [0.4, 0.5) is 10.2 Å². The van der Waals surface area contributed by atoms with E-state index in [0.717, 1.165) is 51.6 Å². The zero-order chi connectivity index (χ0) is 19.8. The number of likely N-dealkylation sites (N-methyl/N-ethyl adjacent to an activating group) is 1. The van der Waals surface area contributed by atoms with Crippen LogP contribution in [-0.2, 0) is 7.05 Å². The first-order valence-electron chi connectivity index (χ1n) is 10.5. The minimum absolute atomic E-state index is 0.174. The molecule has 3 atom stereocenters. The first-order chi connectivity index (χ1) is 13.3. The highest BCUT2D eigenvalue weighted by Gasteiger charge is 2.57. The van der Waals surface area contributed by atoms with E-state index in [1.807, 2.05) is 0 Å². The average Bonchev–Trinajstić information content (AvgIpc) is 3.13. The first kappa shape index (κ1) is 18.4. The lowest BCUT2D eigenvalue weighted by Crippen LogP contribution is -2.64. The van der Waals surface area contributed by atoms with E-state index in [0.29, 0.717) is 23.6 Å². The van der Waals surface area contributed by atoms with Gasteiger partial charge in [-0.15, -0.1) is 0 Å². The van der Waals surface area contributed by atoms with Crippen LogP contribution in [0.15, 0.2) is 0 Å². The van der Waals surface area contributed by atoms with Crippen molar-refractivity contribution in [1.82, 2.24) is 14.7 Å². The van der Waals surface area contributed by atoms with Gasteiger partial charge in [-0.3, -0.25) is 4.79 Å². The van der Waals surface area contributed by atoms with Crippen LogP contribution >= 0.6 is 0 Å². The second kappa shape index (κ2) is 6.16. The number of rotatable bonds is 4. The highest BCUT2D eigenvalue weighted by atomic mass is 19.1. The Kier molecular flexibility index (Phi) is 4.04. The highest BCUT2D eigenvalue weighted by Crippen LogP contribution is 2.58. The zero-order valence-corrected chi connectivity index (χ0v) is 16.6. The molecule has 6 rings (SSSR count). The van der Waals surface area contributed by atoms with Crippen LogP contribution in [0.2, 0.25) is 0 Å². The average molecular weight is 391 g/mol. The van der Waals surface area contributed by atoms with Crippen molar-refractivity contribution in [3.8, 4) is 0 Å². The van der Waals surface area contributed by atoms with Crippen molar-refractivity contribution in [2.24, 2.45) is 30.5 Å². The summed E-state index contributed by atoms with van der Waals surface area (Å²) in [5.41, 5.74) is 4.56. The molecule has 2 heterocycles. The second-order valence-corrected chi connectivity index (χ2v) is 9.77. The maximum atomic E-state index is 15.3. The molecule has 2 unspecified atom stereocenters. The Labute approximate surface area is 164 Å². The monoisotopic (exact) mass is 391 g/mol. The molecule has 3 N–H and O–H groups in total. The number of aryl methyl sites for hydroxylation is 1. The summed E-state index contributed by atoms with van der Waals surface area (Å²) in [6.45, 7) is 1.83. The Hall–Kier alpha value is -1.67. The van der Waals surface area contributed by atoms with E-state index in [9.17, 15) is 9.90 Å². The van der Waals surface area contributed by atoms with Crippen molar-refractivity contribution in [2.45, 2.75) is 56.2 Å². The summed E-state index contributed by atoms with van der Waals surface area (Å²) in [4.78, 5) is 16.2. The molecule has 154 valence electrons. The van der Waals surface area contributed by atoms with Crippen LogP contribution < -0.4 is 10.6 Å². The fourth-order valence-electron chi connectivity index (χ4n) is 7.03. The predicted molar refractivity (Wildman–Crippen MR) is 102 cm³/mol. The molecule has 1 amide bonds. The summed E-state index contributed by atoms with van der Waals surface area (Å²) < 4.78 is 16.8. The lowest BCUT2D eigenvalue weighted by molar-refractivity contribution is -0.134. The summed E-state index contributed by atoms with van der Waals surface area (Å²) in [6.07, 6.45) is 5.68. The molecule has 5 fully saturated rings. The van der Waals surface area contributed by atoms with Gasteiger partial charge in [0.1, 0.15) is 0 Å². The quantitative estimate of drug-likeness (QED) is 0.803. The Morgan fingerprint density at radius 1 is 1.29 bits per heavy atom. The van der Waals surface area contributed by atoms with E-state index in [1.54, 1.807) is 7.05 Å². The molecular formula is C20H30FN5O2. The number of nitrogens with two attached hydrogens (primary N) is 1. The number of aliphatic hydroxyl groups is 1. The number of anilines is 1. The van der Waals surface area contributed by atoms with E-state index < -0.39 is 17.3 Å². The number of likely N-dealkylation sites (tertiary alicyclic amines) is 1. The molecule has 7 nitrogen and oxygen atoms in total. The van der Waals surface area contributed by atoms with Crippen molar-refractivity contribution < 1.29 is 14.3 Å². The van der Waals surface area contributed by atoms with E-state index in [4.69, 9.17) is 5.73 Å². The molecule has 4 saturated carbocycles. The largest absolute Gasteiger partial charge is 0.390 e. The Morgan fingerprint density at radius 3 is 2.46 bits per heavy atom. The molecule has 1 aliphatic heterocycles. The van der Waals surface area contributed by atoms with Gasteiger partial charge in [0.25, 0.3) is 5.91 Å². The Balaban J connectivity index is 1.58. The number of hydrogen-bond acceptors (Lipinski definition) is 5. The number of halogens is 1. The van der Waals surface area contributed by atoms with Gasteiger partial charge >= 0.3 is 0 Å². The molecule has 0 aromatic carbocycles. The lowest BCUT2D eigenvalue weighted by atomic mass is 9.52. The molecule has 28 heavy (non-hydrogen) atoms. The maximum Gasteiger partial charge on any atom is 0.272 e. The number of amides is 1. The lowest BCUT2D eigenvalue weighted by Gasteiger charge is -2.61. The summed E-state index contributed by atoms with van der Waals surface area (Å²) in [5, 5.41) is 15.1. The number of carbonyl (C=O) groups is 1. The van der Waals surface area contributed by atoms with Gasteiger partial charge in [-0.2, -0.15) is 5.10 Å². The van der Waals surface area contributed by atoms with Gasteiger partial charge in [0.15, 0.2) is 17.3 Å². The van der Waals surface area contributed by atoms with Gasteiger partial charge < -0.3 is 20.6 Å². The van der Waals surface area contributed by atoms with E-state index in [2.05, 4.69) is 21.9 Å². The van der Waals surface area contributed by atoms with Crippen LogP contribution in [0.1, 0.15) is 49.0 Å². The number of carbonyl (C=O) groups excluding carboxylic acids is 1. The molecule has 1 aromatic heterocycles. The molecule has 4 aliphatic carbocycles. The molecule has 8 heteroatoms. The SMILES string of the molecule is CN1CC[C@@H](N(c2c(F)c(C(N)=O)nn2C)C2C3CC4CC2CC(O)(C4)C3)C1. The standard InChI is InChI=1S/C20H30FN5O2/c1-24-4-3-14(10-24)26(19-15(21)16(18(22)27)23-25(19)2)17-12-5-11-6-13(17)9-20(28,7-11)8-12/h11-14,17,28H,3-10H2,1-2H3,(H2,22,27)/t11?,12?,13?,14-,17?,20?/m1/s1. The third kappa shape index (κ3) is 2.68. The smallest absolute Gasteiger partial charge is 0.272 e. The van der Waals surface area contributed by atoms with Crippen molar-refractivity contribution in [3.63, 3.8) is 0 Å². The minimum Gasteiger partial charge on any atom is -0.390 e. The molecule has 1 saturated heterocycles.